The number of rotatable bonds is 3. The van der Waals surface area contributed by atoms with E-state index in [1.54, 1.807) is 19.9 Å². The standard InChI is InChI=1S/C11H10O4.W.Y/c1-6-3-4-7(2)8(5-6)9(10(12)13)11(14)15;;/h4,9H,1-2H3,(H,12,13)(H,14,15);;/q-2;;. The number of hydrogen-bond acceptors (Lipinski definition) is 2. The van der Waals surface area contributed by atoms with Gasteiger partial charge in [0, 0.05) is 53.8 Å². The van der Waals surface area contributed by atoms with Crippen LogP contribution in [0.4, 0.5) is 0 Å². The third kappa shape index (κ3) is 4.99. The predicted octanol–water partition coefficient (Wildman–Crippen LogP) is 1.15. The minimum absolute atomic E-state index is 0. The van der Waals surface area contributed by atoms with Crippen LogP contribution in [0.25, 0.3) is 0 Å². The zero-order valence-electron chi connectivity index (χ0n) is 9.35. The Labute approximate surface area is 139 Å². The summed E-state index contributed by atoms with van der Waals surface area (Å²) in [6.07, 6.45) is 0. The second kappa shape index (κ2) is 8.12. The largest absolute Gasteiger partial charge is 0.480 e. The van der Waals surface area contributed by atoms with Crippen LogP contribution in [0, 0.1) is 26.0 Å². The molecule has 0 aliphatic heterocycles. The summed E-state index contributed by atoms with van der Waals surface area (Å²) in [4.78, 5) is 21.6. The summed E-state index contributed by atoms with van der Waals surface area (Å²) in [7, 11) is 0. The molecule has 0 saturated heterocycles. The molecule has 0 unspecified atom stereocenters. The van der Waals surface area contributed by atoms with E-state index < -0.39 is 17.9 Å². The van der Waals surface area contributed by atoms with Crippen molar-refractivity contribution >= 4 is 11.9 Å². The van der Waals surface area contributed by atoms with Crippen LogP contribution in [0.1, 0.15) is 22.6 Å². The van der Waals surface area contributed by atoms with E-state index in [-0.39, 0.29) is 59.3 Å². The number of aryl methyl sites for hydroxylation is 2. The van der Waals surface area contributed by atoms with Gasteiger partial charge in [-0.1, -0.05) is 6.92 Å². The first-order valence-electron chi connectivity index (χ1n) is 4.30. The molecule has 2 N–H and O–H groups in total. The molecule has 0 spiro atoms. The van der Waals surface area contributed by atoms with Gasteiger partial charge in [0.05, 0.1) is 0 Å². The van der Waals surface area contributed by atoms with Gasteiger partial charge < -0.3 is 22.3 Å². The van der Waals surface area contributed by atoms with Gasteiger partial charge in [-0.2, -0.15) is 0 Å². The van der Waals surface area contributed by atoms with Crippen LogP contribution >= 0.6 is 0 Å². The molecule has 1 radical (unpaired) electrons. The molecular formula is C11H10O4WY-2. The molecule has 0 fully saturated rings. The minimum Gasteiger partial charge on any atom is -0.480 e. The van der Waals surface area contributed by atoms with Gasteiger partial charge in [0.15, 0.2) is 0 Å². The molecule has 0 atom stereocenters. The zero-order chi connectivity index (χ0) is 11.6. The Morgan fingerprint density at radius 1 is 1.24 bits per heavy atom. The molecule has 1 aromatic rings. The molecular weight excluding hydrogens is 469 g/mol. The Bertz CT molecular complexity index is 406. The smallest absolute Gasteiger partial charge is 0.318 e. The number of hydrogen-bond donors (Lipinski definition) is 2. The number of carbonyl (C=O) groups is 2. The van der Waals surface area contributed by atoms with Gasteiger partial charge in [0.1, 0.15) is 5.92 Å². The van der Waals surface area contributed by atoms with Gasteiger partial charge in [0.25, 0.3) is 0 Å². The predicted molar refractivity (Wildman–Crippen MR) is 51.6 cm³/mol. The fourth-order valence-electron chi connectivity index (χ4n) is 1.28. The summed E-state index contributed by atoms with van der Waals surface area (Å²) in [6.45, 7) is 3.32. The monoisotopic (exact) mass is 479 g/mol. The number of carboxylic acids is 2. The average Bonchev–Trinajstić information content (AvgIpc) is 2.10. The summed E-state index contributed by atoms with van der Waals surface area (Å²) in [5, 5.41) is 17.6. The van der Waals surface area contributed by atoms with Crippen LogP contribution in [0.3, 0.4) is 0 Å². The van der Waals surface area contributed by atoms with Crippen LogP contribution in [-0.4, -0.2) is 22.2 Å². The molecule has 17 heavy (non-hydrogen) atoms. The third-order valence-corrected chi connectivity index (χ3v) is 2.03. The van der Waals surface area contributed by atoms with Crippen molar-refractivity contribution in [3.8, 4) is 0 Å². The fraction of sp³-hybridized carbons (Fsp3) is 0.273. The van der Waals surface area contributed by atoms with Gasteiger partial charge in [0.2, 0.25) is 0 Å². The van der Waals surface area contributed by atoms with Crippen molar-refractivity contribution < 1.29 is 73.6 Å². The van der Waals surface area contributed by atoms with E-state index in [0.717, 1.165) is 0 Å². The molecule has 6 heteroatoms. The first kappa shape index (κ1) is 19.3. The first-order chi connectivity index (χ1) is 6.93. The van der Waals surface area contributed by atoms with Gasteiger partial charge >= 0.3 is 11.9 Å². The van der Waals surface area contributed by atoms with E-state index in [1.165, 1.54) is 0 Å². The summed E-state index contributed by atoms with van der Waals surface area (Å²) in [5.74, 6) is -4.32. The maximum absolute atomic E-state index is 10.8. The summed E-state index contributed by atoms with van der Waals surface area (Å²) in [5.41, 5.74) is 1.35. The average molecular weight is 479 g/mol. The SMILES string of the molecule is Cc1[c-]cc(C)c(C(C(=O)O)C(=O)O)[c-]1.[W].[Y]. The Hall–Kier alpha value is -0.0478. The molecule has 89 valence electrons. The van der Waals surface area contributed by atoms with E-state index in [1.807, 2.05) is 0 Å². The van der Waals surface area contributed by atoms with Crippen LogP contribution in [0.2, 0.25) is 0 Å². The Kier molecular flexibility index (Phi) is 9.22. The molecule has 0 saturated carbocycles. The molecule has 0 aliphatic rings. The van der Waals surface area contributed by atoms with Crippen molar-refractivity contribution in [2.24, 2.45) is 0 Å². The van der Waals surface area contributed by atoms with Crippen molar-refractivity contribution in [3.05, 3.63) is 34.9 Å². The second-order valence-corrected chi connectivity index (χ2v) is 3.24. The minimum atomic E-state index is -1.56. The Balaban J connectivity index is 0. The molecule has 0 amide bonds. The van der Waals surface area contributed by atoms with Crippen molar-refractivity contribution in [2.45, 2.75) is 19.8 Å². The van der Waals surface area contributed by atoms with Crippen molar-refractivity contribution in [2.75, 3.05) is 0 Å². The van der Waals surface area contributed by atoms with Crippen LogP contribution in [-0.2, 0) is 63.4 Å². The summed E-state index contributed by atoms with van der Waals surface area (Å²) in [6, 6.07) is 7.12. The second-order valence-electron chi connectivity index (χ2n) is 3.24. The molecule has 1 aromatic carbocycles. The summed E-state index contributed by atoms with van der Waals surface area (Å²) >= 11 is 0. The molecule has 0 aromatic heterocycles. The van der Waals surface area contributed by atoms with Crippen LogP contribution in [0.5, 0.6) is 0 Å². The summed E-state index contributed by atoms with van der Waals surface area (Å²) < 4.78 is 0. The Morgan fingerprint density at radius 2 is 1.71 bits per heavy atom. The van der Waals surface area contributed by atoms with E-state index in [2.05, 4.69) is 12.1 Å². The van der Waals surface area contributed by atoms with Crippen LogP contribution < -0.4 is 0 Å². The van der Waals surface area contributed by atoms with Crippen molar-refractivity contribution in [1.82, 2.24) is 0 Å². The Morgan fingerprint density at radius 3 is 2.12 bits per heavy atom. The van der Waals surface area contributed by atoms with Crippen molar-refractivity contribution in [1.29, 1.82) is 0 Å². The fourth-order valence-corrected chi connectivity index (χ4v) is 1.28. The number of carboxylic acid groups (broad SMARTS) is 2. The van der Waals surface area contributed by atoms with E-state index in [9.17, 15) is 9.59 Å². The third-order valence-electron chi connectivity index (χ3n) is 2.03. The van der Waals surface area contributed by atoms with E-state index in [0.29, 0.717) is 11.1 Å². The van der Waals surface area contributed by atoms with Crippen molar-refractivity contribution in [3.63, 3.8) is 0 Å². The van der Waals surface area contributed by atoms with Crippen LogP contribution in [0.15, 0.2) is 6.07 Å². The van der Waals surface area contributed by atoms with E-state index >= 15 is 0 Å². The number of aliphatic carboxylic acids is 2. The topological polar surface area (TPSA) is 74.6 Å². The molecule has 0 aliphatic carbocycles. The van der Waals surface area contributed by atoms with Gasteiger partial charge in [-0.15, -0.1) is 6.92 Å². The maximum atomic E-state index is 10.8. The molecule has 4 nitrogen and oxygen atoms in total. The molecule has 1 rings (SSSR count). The molecule has 0 bridgehead atoms. The van der Waals surface area contributed by atoms with E-state index in [4.69, 9.17) is 10.2 Å². The quantitative estimate of drug-likeness (QED) is 0.505. The number of benzene rings is 1. The van der Waals surface area contributed by atoms with Gasteiger partial charge in [-0.05, 0) is 0 Å². The van der Waals surface area contributed by atoms with Gasteiger partial charge in [-0.25, -0.2) is 0 Å². The maximum Gasteiger partial charge on any atom is 0.318 e. The molecule has 0 heterocycles. The van der Waals surface area contributed by atoms with Gasteiger partial charge in [-0.3, -0.25) is 32.3 Å². The first-order valence-corrected chi connectivity index (χ1v) is 4.30. The normalized spacial score (nSPS) is 9.12. The zero-order valence-corrected chi connectivity index (χ0v) is 15.1.